The molecule has 0 aromatic heterocycles. The van der Waals surface area contributed by atoms with Crippen LogP contribution in [0, 0.1) is 53.3 Å². The second-order valence-corrected chi connectivity index (χ2v) is 51.4. The van der Waals surface area contributed by atoms with Crippen LogP contribution in [0.5, 0.6) is 0 Å². The molecule has 22 fully saturated rings. The van der Waals surface area contributed by atoms with Crippen LogP contribution in [0.2, 0.25) is 0 Å². The molecule has 0 heterocycles. The highest BCUT2D eigenvalue weighted by atomic mass is 16.6. The number of rotatable bonds is 17. The number of carbonyl (C=O) groups is 2. The Labute approximate surface area is 887 Å². The lowest BCUT2D eigenvalue weighted by atomic mass is 9.52. The van der Waals surface area contributed by atoms with Crippen LogP contribution in [0.3, 0.4) is 0 Å². The molecule has 2 amide bonds. The summed E-state index contributed by atoms with van der Waals surface area (Å²) < 4.78 is 5.38. The molecule has 808 valence electrons. The summed E-state index contributed by atoms with van der Waals surface area (Å²) in [6.07, 6.45) is 90.4. The van der Waals surface area contributed by atoms with E-state index in [2.05, 4.69) is 118 Å². The van der Waals surface area contributed by atoms with Gasteiger partial charge in [-0.15, -0.1) is 0 Å². The fourth-order valence-electron chi connectivity index (χ4n) is 31.4. The van der Waals surface area contributed by atoms with E-state index in [4.69, 9.17) is 34.7 Å². The first-order valence-corrected chi connectivity index (χ1v) is 61.6. The number of guanidine groups is 6. The van der Waals surface area contributed by atoms with Gasteiger partial charge in [-0.2, -0.15) is 0 Å². The number of benzene rings is 4. The Kier molecular flexibility index (Phi) is 40.8. The van der Waals surface area contributed by atoms with Gasteiger partial charge in [0.05, 0.1) is 35.7 Å². The van der Waals surface area contributed by atoms with E-state index in [9.17, 15) is 9.59 Å². The van der Waals surface area contributed by atoms with E-state index >= 15 is 0 Å². The van der Waals surface area contributed by atoms with E-state index < -0.39 is 11.7 Å². The lowest BCUT2D eigenvalue weighted by molar-refractivity contribution is -0.0204. The fraction of sp³-hybridized carbons (Fsp3) is 0.746. The molecule has 147 heavy (non-hydrogen) atoms. The minimum absolute atomic E-state index is 0.0755. The van der Waals surface area contributed by atoms with Crippen LogP contribution >= 0.6 is 0 Å². The number of ether oxygens (including phenoxy) is 1. The zero-order chi connectivity index (χ0) is 101. The summed E-state index contributed by atoms with van der Waals surface area (Å²) in [5.74, 6) is 14.4. The molecule has 21 nitrogen and oxygen atoms in total. The summed E-state index contributed by atoms with van der Waals surface area (Å²) in [4.78, 5) is 55.2. The molecule has 0 atom stereocenters. The highest BCUT2D eigenvalue weighted by molar-refractivity contribution is 6.06. The summed E-state index contributed by atoms with van der Waals surface area (Å²) in [5.41, 5.74) is 4.43. The molecule has 0 saturated heterocycles. The van der Waals surface area contributed by atoms with Gasteiger partial charge in [-0.3, -0.25) is 15.4 Å². The number of carbonyl (C=O) groups excluding carboxylic acids is 2. The molecule has 0 aliphatic heterocycles. The summed E-state index contributed by atoms with van der Waals surface area (Å²) in [7, 11) is 0. The lowest BCUT2D eigenvalue weighted by Gasteiger charge is -2.60. The smallest absolute Gasteiger partial charge is 0.414 e. The maximum atomic E-state index is 12.5. The van der Waals surface area contributed by atoms with E-state index in [0.29, 0.717) is 89.0 Å². The molecule has 22 aliphatic rings. The maximum absolute atomic E-state index is 12.5. The zero-order valence-electron chi connectivity index (χ0n) is 91.5. The minimum Gasteiger partial charge on any atom is -0.444 e. The maximum Gasteiger partial charge on any atom is 0.414 e. The number of hydrogen-bond donors (Lipinski definition) is 12. The molecule has 12 bridgehead atoms. The Hall–Kier alpha value is -8.36. The summed E-state index contributed by atoms with van der Waals surface area (Å²) in [6, 6.07) is 45.1. The number of nitrogens with one attached hydrogen (secondary N) is 12. The van der Waals surface area contributed by atoms with Crippen LogP contribution in [0.25, 0.3) is 0 Å². The highest BCUT2D eigenvalue weighted by Crippen LogP contribution is 2.60. The van der Waals surface area contributed by atoms with Gasteiger partial charge < -0.3 is 57.9 Å². The van der Waals surface area contributed by atoms with Gasteiger partial charge in [-0.05, 0) is 367 Å². The van der Waals surface area contributed by atoms with Gasteiger partial charge >= 0.3 is 6.09 Å². The standard InChI is InChI=1S/C31H47N3.C20H29N3O.C19H35N3.C19H29N3.C19H23N3.C18H33N3O2/c1-19-2-21-3-20(1)11-29(10-19,12-21)32-28(33-30-13-22-4-23(14-30)6-24(5-22)15-30)34-31-16-25-7-26(17-31)9-27(8-25)18-31;24-19(16-10-4-1-5-11-16)23-20(21-17-12-6-2-7-13-17)22-18-14-8-3-9-15-18;3*1-4-10-16(11-5-1)20-19(21-17-12-6-2-7-13-17)22-18-14-8-3-9-15-18;1-18(2,3)23-17(22)21-16(19-14-10-6-4-7-11-14)20-15-12-8-5-9-13-15/h19-27H,1-18H2,(H2,32,33,34);1,4-5,10-11,17-18H,2-3,6-9,12-15H2,(H2,21,22,23,24);16-18H,1-15H2,(H2,20,21,22);1,4-5,10-11,17-18H,2-3,6-9,12-15H2,(H2,20,21,22);1-2,4-7,10-13,18H,3,8-9,14-15H2,(H2,20,21,22);14-15H,4-13H2,1-3H3,(H2,19,20,21,22). The van der Waals surface area contributed by atoms with Crippen LogP contribution in [-0.4, -0.2) is 130 Å². The molecule has 12 N–H and O–H groups in total. The molecule has 22 saturated carbocycles. The second kappa shape index (κ2) is 55.3. The topological polar surface area (TPSA) is 262 Å². The monoisotopic (exact) mass is 2010 g/mol. The Morgan fingerprint density at radius 1 is 0.259 bits per heavy atom. The van der Waals surface area contributed by atoms with Crippen LogP contribution in [0.15, 0.2) is 151 Å². The third-order valence-corrected chi connectivity index (χ3v) is 37.4. The van der Waals surface area contributed by atoms with Crippen molar-refractivity contribution in [2.75, 3.05) is 16.0 Å². The van der Waals surface area contributed by atoms with Gasteiger partial charge in [0.2, 0.25) is 11.9 Å². The third kappa shape index (κ3) is 35.1. The number of para-hydroxylation sites is 3. The summed E-state index contributed by atoms with van der Waals surface area (Å²) in [5, 5.41) is 43.2. The van der Waals surface area contributed by atoms with Crippen LogP contribution in [-0.2, 0) is 4.74 Å². The largest absolute Gasteiger partial charge is 0.444 e. The van der Waals surface area contributed by atoms with Crippen molar-refractivity contribution in [2.24, 2.45) is 83.2 Å². The first-order chi connectivity index (χ1) is 71.9. The van der Waals surface area contributed by atoms with E-state index in [-0.39, 0.29) is 11.4 Å². The van der Waals surface area contributed by atoms with Crippen molar-refractivity contribution in [2.45, 2.75) is 540 Å². The number of anilines is 3. The quantitative estimate of drug-likeness (QED) is 0.0347. The van der Waals surface area contributed by atoms with Crippen molar-refractivity contribution in [3.05, 3.63) is 127 Å². The van der Waals surface area contributed by atoms with E-state index in [0.717, 1.165) is 127 Å². The van der Waals surface area contributed by atoms with Crippen LogP contribution in [0.1, 0.15) is 468 Å². The van der Waals surface area contributed by atoms with Crippen molar-refractivity contribution in [1.82, 2.24) is 47.9 Å². The fourth-order valence-corrected chi connectivity index (χ4v) is 31.4. The zero-order valence-corrected chi connectivity index (χ0v) is 91.5. The number of nitrogens with zero attached hydrogens (tertiary/aromatic N) is 6. The van der Waals surface area contributed by atoms with Crippen molar-refractivity contribution in [1.29, 1.82) is 0 Å². The van der Waals surface area contributed by atoms with Crippen molar-refractivity contribution in [3.63, 3.8) is 0 Å². The Balaban J connectivity index is 0.000000117. The van der Waals surface area contributed by atoms with Crippen molar-refractivity contribution >= 4 is 64.8 Å². The minimum atomic E-state index is -0.495. The third-order valence-electron chi connectivity index (χ3n) is 37.4. The highest BCUT2D eigenvalue weighted by Gasteiger charge is 2.57. The predicted molar refractivity (Wildman–Crippen MR) is 611 cm³/mol. The number of amides is 2. The number of hydrogen-bond acceptors (Lipinski definition) is 9. The number of aliphatic imine (C=N–C) groups is 6. The van der Waals surface area contributed by atoms with Gasteiger partial charge in [0.15, 0.2) is 23.8 Å². The molecule has 0 spiro atoms. The average molecular weight is 2010 g/mol. The Bertz CT molecular complexity index is 4520. The van der Waals surface area contributed by atoms with Crippen molar-refractivity contribution < 1.29 is 14.3 Å². The molecule has 21 heteroatoms. The molecule has 26 rings (SSSR count). The summed E-state index contributed by atoms with van der Waals surface area (Å²) in [6.45, 7) is 5.62. The first kappa shape index (κ1) is 108. The van der Waals surface area contributed by atoms with Crippen LogP contribution < -0.4 is 63.8 Å². The van der Waals surface area contributed by atoms with E-state index in [1.165, 1.54) is 404 Å². The molecule has 0 unspecified atom stereocenters. The number of alkyl carbamates (subject to hydrolysis) is 1. The van der Waals surface area contributed by atoms with Gasteiger partial charge in [0.25, 0.3) is 5.91 Å². The molecule has 4 aromatic rings. The summed E-state index contributed by atoms with van der Waals surface area (Å²) >= 11 is 0. The first-order valence-electron chi connectivity index (χ1n) is 61.6. The van der Waals surface area contributed by atoms with Crippen LogP contribution in [0.4, 0.5) is 21.9 Å². The molecular weight excluding hydrogens is 1810 g/mol. The lowest BCUT2D eigenvalue weighted by Crippen LogP contribution is -2.67. The second-order valence-electron chi connectivity index (χ2n) is 51.4. The van der Waals surface area contributed by atoms with Gasteiger partial charge in [0, 0.05) is 63.9 Å². The van der Waals surface area contributed by atoms with Gasteiger partial charge in [-0.1, -0.05) is 265 Å². The molecule has 22 aliphatic carbocycles. The molecule has 0 radical (unpaired) electrons. The van der Waals surface area contributed by atoms with E-state index in [1.54, 1.807) is 0 Å². The molecule has 4 aromatic carbocycles. The Morgan fingerprint density at radius 3 is 0.782 bits per heavy atom. The SMILES string of the molecule is C1C2CC3CC1CC(N=C(NC14CC5CC(CC(C5)C1)C4)NC14CC5CC(CC(C5)C1)C4)(C2)C3.C1CCC(N=C(NC2CCCCC2)NC2CCCCC2)CC1.CC(C)(C)OC(=O)NC(=NC1CCCCC1)NC1CCCCC1.O=C(NC(=NC1CCCCC1)NC1CCCCC1)c1ccccc1.c1ccc(NC(=NC2CCCCC2)NC2CCCCC2)cc1.c1ccc(NC(=NC2CCCCC2)Nc2ccccc2)cc1. The Morgan fingerprint density at radius 2 is 0.490 bits per heavy atom. The average Bonchev–Trinajstić information content (AvgIpc) is 0.731. The van der Waals surface area contributed by atoms with Gasteiger partial charge in [0.1, 0.15) is 5.60 Å². The van der Waals surface area contributed by atoms with Gasteiger partial charge in [-0.25, -0.2) is 34.7 Å². The normalized spacial score (nSPS) is 29.8. The van der Waals surface area contributed by atoms with Crippen molar-refractivity contribution in [3.8, 4) is 0 Å². The molecular formula is C126H196N18O3. The predicted octanol–water partition coefficient (Wildman–Crippen LogP) is 28.7. The van der Waals surface area contributed by atoms with E-state index in [1.807, 2.05) is 87.5 Å².